The first-order valence-electron chi connectivity index (χ1n) is 8.07. The highest BCUT2D eigenvalue weighted by Gasteiger charge is 2.28. The fraction of sp³-hybridized carbons (Fsp3) is 0.333. The zero-order valence-electron chi connectivity index (χ0n) is 14.1. The van der Waals surface area contributed by atoms with Gasteiger partial charge in [0.1, 0.15) is 5.76 Å². The van der Waals surface area contributed by atoms with Crippen molar-refractivity contribution >= 4 is 23.3 Å². The Morgan fingerprint density at radius 3 is 2.83 bits per heavy atom. The van der Waals surface area contributed by atoms with Gasteiger partial charge in [-0.25, -0.2) is 4.79 Å². The number of nitrogens with zero attached hydrogens (tertiary/aromatic N) is 1. The van der Waals surface area contributed by atoms with Crippen molar-refractivity contribution in [1.82, 2.24) is 5.32 Å². The smallest absolute Gasteiger partial charge is 0.322 e. The van der Waals surface area contributed by atoms with Gasteiger partial charge in [-0.2, -0.15) is 0 Å². The molecule has 1 fully saturated rings. The van der Waals surface area contributed by atoms with E-state index < -0.39 is 0 Å². The van der Waals surface area contributed by atoms with E-state index in [1.165, 1.54) is 0 Å². The summed E-state index contributed by atoms with van der Waals surface area (Å²) in [5.41, 5.74) is 2.34. The molecule has 24 heavy (non-hydrogen) atoms. The van der Waals surface area contributed by atoms with Crippen LogP contribution in [0.2, 0.25) is 0 Å². The number of carbonyl (C=O) groups is 2. The number of amides is 3. The van der Waals surface area contributed by atoms with Crippen molar-refractivity contribution in [1.29, 1.82) is 0 Å². The maximum atomic E-state index is 12.4. The topological polar surface area (TPSA) is 74.6 Å². The van der Waals surface area contributed by atoms with E-state index in [9.17, 15) is 9.59 Å². The first-order valence-corrected chi connectivity index (χ1v) is 8.07. The Kier molecular flexibility index (Phi) is 4.29. The number of furan rings is 1. The number of hydrogen-bond donors (Lipinski definition) is 2. The highest BCUT2D eigenvalue weighted by Crippen LogP contribution is 2.24. The average molecular weight is 327 g/mol. The lowest BCUT2D eigenvalue weighted by Crippen LogP contribution is -2.32. The lowest BCUT2D eigenvalue weighted by molar-refractivity contribution is 0.0995. The quantitative estimate of drug-likeness (QED) is 0.904. The van der Waals surface area contributed by atoms with Crippen molar-refractivity contribution in [2.75, 3.05) is 16.8 Å². The maximum Gasteiger partial charge on any atom is 0.322 e. The lowest BCUT2D eigenvalue weighted by Gasteiger charge is -2.20. The molecule has 0 aliphatic carbocycles. The molecule has 1 aliphatic rings. The molecule has 2 heterocycles. The molecule has 126 valence electrons. The molecule has 1 aromatic heterocycles. The number of urea groups is 1. The van der Waals surface area contributed by atoms with Gasteiger partial charge < -0.3 is 15.1 Å². The molecule has 0 radical (unpaired) electrons. The molecule has 0 unspecified atom stereocenters. The second-order valence-corrected chi connectivity index (χ2v) is 5.98. The van der Waals surface area contributed by atoms with Crippen LogP contribution in [0.15, 0.2) is 34.7 Å². The van der Waals surface area contributed by atoms with E-state index in [0.29, 0.717) is 18.0 Å². The predicted octanol–water partition coefficient (Wildman–Crippen LogP) is 3.32. The van der Waals surface area contributed by atoms with Crippen molar-refractivity contribution in [2.24, 2.45) is 0 Å². The van der Waals surface area contributed by atoms with Gasteiger partial charge >= 0.3 is 6.03 Å². The third-order valence-electron chi connectivity index (χ3n) is 4.16. The van der Waals surface area contributed by atoms with Crippen LogP contribution in [0.3, 0.4) is 0 Å². The molecule has 3 rings (SSSR count). The zero-order chi connectivity index (χ0) is 17.3. The Labute approximate surface area is 140 Å². The molecule has 6 heteroatoms. The Morgan fingerprint density at radius 1 is 1.42 bits per heavy atom. The molecule has 1 saturated heterocycles. The summed E-state index contributed by atoms with van der Waals surface area (Å²) in [7, 11) is 0. The van der Waals surface area contributed by atoms with Gasteiger partial charge in [0.25, 0.3) is 5.91 Å². The molecule has 0 spiro atoms. The van der Waals surface area contributed by atoms with Gasteiger partial charge in [-0.1, -0.05) is 13.0 Å². The molecule has 0 bridgehead atoms. The molecule has 2 N–H and O–H groups in total. The average Bonchev–Trinajstić information content (AvgIpc) is 3.10. The molecule has 2 aromatic rings. The summed E-state index contributed by atoms with van der Waals surface area (Å²) in [5, 5.41) is 5.63. The van der Waals surface area contributed by atoms with E-state index in [1.807, 2.05) is 32.9 Å². The van der Waals surface area contributed by atoms with E-state index >= 15 is 0 Å². The van der Waals surface area contributed by atoms with E-state index in [4.69, 9.17) is 4.42 Å². The summed E-state index contributed by atoms with van der Waals surface area (Å²) in [6, 6.07) is 8.93. The first kappa shape index (κ1) is 16.1. The Balaban J connectivity index is 1.79. The fourth-order valence-electron chi connectivity index (χ4n) is 2.89. The molecule has 1 atom stereocenters. The van der Waals surface area contributed by atoms with Crippen molar-refractivity contribution in [2.45, 2.75) is 33.2 Å². The van der Waals surface area contributed by atoms with E-state index in [-0.39, 0.29) is 18.0 Å². The number of aryl methyl sites for hydroxylation is 2. The minimum Gasteiger partial charge on any atom is -0.456 e. The molecule has 0 saturated carbocycles. The first-order chi connectivity index (χ1) is 11.5. The van der Waals surface area contributed by atoms with Crippen molar-refractivity contribution < 1.29 is 14.0 Å². The van der Waals surface area contributed by atoms with Gasteiger partial charge in [0, 0.05) is 24.3 Å². The number of carbonyl (C=O) groups excluding carboxylic acids is 2. The van der Waals surface area contributed by atoms with Crippen LogP contribution in [0.1, 0.15) is 35.7 Å². The third-order valence-corrected chi connectivity index (χ3v) is 4.16. The minimum absolute atomic E-state index is 0.0725. The molecule has 1 aliphatic heterocycles. The Morgan fingerprint density at radius 2 is 2.21 bits per heavy atom. The number of benzene rings is 1. The molecule has 3 amide bonds. The lowest BCUT2D eigenvalue weighted by atomic mass is 10.2. The van der Waals surface area contributed by atoms with Gasteiger partial charge in [-0.15, -0.1) is 0 Å². The summed E-state index contributed by atoms with van der Waals surface area (Å²) in [4.78, 5) is 26.0. The molecule has 6 nitrogen and oxygen atoms in total. The number of hydrogen-bond acceptors (Lipinski definition) is 3. The summed E-state index contributed by atoms with van der Waals surface area (Å²) >= 11 is 0. The summed E-state index contributed by atoms with van der Waals surface area (Å²) < 4.78 is 5.58. The maximum absolute atomic E-state index is 12.4. The van der Waals surface area contributed by atoms with Crippen LogP contribution in [0.5, 0.6) is 0 Å². The Bertz CT molecular complexity index is 782. The molecule has 1 aromatic carbocycles. The summed E-state index contributed by atoms with van der Waals surface area (Å²) in [6.07, 6.45) is 0.747. The van der Waals surface area contributed by atoms with Crippen LogP contribution in [0, 0.1) is 6.92 Å². The van der Waals surface area contributed by atoms with Crippen LogP contribution in [-0.2, 0) is 6.42 Å². The van der Waals surface area contributed by atoms with Gasteiger partial charge in [0.15, 0.2) is 5.76 Å². The monoisotopic (exact) mass is 327 g/mol. The van der Waals surface area contributed by atoms with Gasteiger partial charge in [-0.05, 0) is 43.7 Å². The highest BCUT2D eigenvalue weighted by atomic mass is 16.4. The number of nitrogens with one attached hydrogen (secondary N) is 2. The second-order valence-electron chi connectivity index (χ2n) is 5.98. The van der Waals surface area contributed by atoms with Crippen LogP contribution >= 0.6 is 0 Å². The molecular weight excluding hydrogens is 306 g/mol. The van der Waals surface area contributed by atoms with Crippen LogP contribution in [0.25, 0.3) is 0 Å². The van der Waals surface area contributed by atoms with Crippen molar-refractivity contribution in [3.63, 3.8) is 0 Å². The van der Waals surface area contributed by atoms with E-state index in [1.54, 1.807) is 23.1 Å². The Hall–Kier alpha value is -2.76. The van der Waals surface area contributed by atoms with Crippen LogP contribution in [-0.4, -0.2) is 24.5 Å². The zero-order valence-corrected chi connectivity index (χ0v) is 14.1. The van der Waals surface area contributed by atoms with Gasteiger partial charge in [0.05, 0.1) is 6.04 Å². The summed E-state index contributed by atoms with van der Waals surface area (Å²) in [6.45, 7) is 6.49. The number of anilines is 2. The van der Waals surface area contributed by atoms with Gasteiger partial charge in [-0.3, -0.25) is 9.69 Å². The minimum atomic E-state index is -0.297. The summed E-state index contributed by atoms with van der Waals surface area (Å²) in [5.74, 6) is 0.812. The fourth-order valence-corrected chi connectivity index (χ4v) is 2.89. The third kappa shape index (κ3) is 2.99. The number of rotatable bonds is 4. The van der Waals surface area contributed by atoms with E-state index in [0.717, 1.165) is 23.4 Å². The van der Waals surface area contributed by atoms with Gasteiger partial charge in [0.2, 0.25) is 0 Å². The van der Waals surface area contributed by atoms with Crippen molar-refractivity contribution in [3.05, 3.63) is 47.4 Å². The standard InChI is InChI=1S/C18H21N3O3/c1-4-15-11(2)8-16(24-15)17(22)20-13-6-5-7-14(9-13)21-12(3)10-19-18(21)23/h5-9,12H,4,10H2,1-3H3,(H,19,23)(H,20,22)/t12-/m1/s1. The SMILES string of the molecule is CCc1oc(C(=O)Nc2cccc(N3C(=O)NC[C@H]3C)c2)cc1C. The van der Waals surface area contributed by atoms with E-state index in [2.05, 4.69) is 10.6 Å². The molecular formula is C18H21N3O3. The van der Waals surface area contributed by atoms with Crippen LogP contribution < -0.4 is 15.5 Å². The second kappa shape index (κ2) is 6.39. The largest absolute Gasteiger partial charge is 0.456 e. The van der Waals surface area contributed by atoms with Crippen molar-refractivity contribution in [3.8, 4) is 0 Å². The normalized spacial score (nSPS) is 17.0. The van der Waals surface area contributed by atoms with Crippen LogP contribution in [0.4, 0.5) is 16.2 Å². The highest BCUT2D eigenvalue weighted by molar-refractivity contribution is 6.03. The predicted molar refractivity (Wildman–Crippen MR) is 92.6 cm³/mol.